The van der Waals surface area contributed by atoms with Crippen LogP contribution >= 0.6 is 11.6 Å². The summed E-state index contributed by atoms with van der Waals surface area (Å²) in [6.45, 7) is 4.44. The predicted molar refractivity (Wildman–Crippen MR) is 69.4 cm³/mol. The zero-order valence-electron chi connectivity index (χ0n) is 10.2. The Hall–Kier alpha value is -1.22. The highest BCUT2D eigenvalue weighted by atomic mass is 35.5. The third-order valence-corrected chi connectivity index (χ3v) is 2.77. The highest BCUT2D eigenvalue weighted by Crippen LogP contribution is 2.17. The average molecular weight is 256 g/mol. The number of alkyl halides is 1. The van der Waals surface area contributed by atoms with Crippen LogP contribution in [0.5, 0.6) is 5.75 Å². The first-order chi connectivity index (χ1) is 8.06. The third kappa shape index (κ3) is 3.93. The van der Waals surface area contributed by atoms with E-state index in [9.17, 15) is 9.90 Å². The molecular weight excluding hydrogens is 238 g/mol. The molecule has 0 aromatic heterocycles. The van der Waals surface area contributed by atoms with Gasteiger partial charge in [-0.25, -0.2) is 0 Å². The minimum Gasteiger partial charge on any atom is -0.508 e. The van der Waals surface area contributed by atoms with Gasteiger partial charge in [0.2, 0.25) is 5.91 Å². The molecule has 0 saturated heterocycles. The van der Waals surface area contributed by atoms with Gasteiger partial charge in [0.25, 0.3) is 0 Å². The number of carbonyl (C=O) groups is 1. The maximum atomic E-state index is 12.1. The zero-order chi connectivity index (χ0) is 12.8. The van der Waals surface area contributed by atoms with Crippen molar-refractivity contribution >= 4 is 17.5 Å². The van der Waals surface area contributed by atoms with Crippen LogP contribution in [0, 0.1) is 0 Å². The molecule has 0 saturated carbocycles. The van der Waals surface area contributed by atoms with E-state index < -0.39 is 0 Å². The minimum atomic E-state index is -0.0119. The van der Waals surface area contributed by atoms with Crippen molar-refractivity contribution in [1.82, 2.24) is 4.90 Å². The van der Waals surface area contributed by atoms with Crippen molar-refractivity contribution < 1.29 is 9.90 Å². The number of para-hydroxylation sites is 1. The molecule has 1 aromatic rings. The largest absolute Gasteiger partial charge is 0.508 e. The van der Waals surface area contributed by atoms with Crippen LogP contribution in [0.3, 0.4) is 0 Å². The molecule has 1 N–H and O–H groups in total. The summed E-state index contributed by atoms with van der Waals surface area (Å²) in [5, 5.41) is 9.61. The van der Waals surface area contributed by atoms with Crippen LogP contribution in [0.25, 0.3) is 0 Å². The van der Waals surface area contributed by atoms with Crippen LogP contribution in [0.1, 0.15) is 19.4 Å². The van der Waals surface area contributed by atoms with E-state index in [1.54, 1.807) is 23.1 Å². The van der Waals surface area contributed by atoms with E-state index in [1.807, 2.05) is 19.9 Å². The molecule has 0 radical (unpaired) electrons. The first-order valence-electron chi connectivity index (χ1n) is 5.68. The number of benzene rings is 1. The Labute approximate surface area is 107 Å². The van der Waals surface area contributed by atoms with E-state index >= 15 is 0 Å². The molecule has 1 amide bonds. The monoisotopic (exact) mass is 255 g/mol. The van der Waals surface area contributed by atoms with Gasteiger partial charge in [0.05, 0.1) is 6.42 Å². The van der Waals surface area contributed by atoms with E-state index in [0.29, 0.717) is 18.0 Å². The van der Waals surface area contributed by atoms with Gasteiger partial charge in [0.15, 0.2) is 0 Å². The van der Waals surface area contributed by atoms with E-state index in [2.05, 4.69) is 0 Å². The summed E-state index contributed by atoms with van der Waals surface area (Å²) in [6.07, 6.45) is 0.210. The summed E-state index contributed by atoms with van der Waals surface area (Å²) >= 11 is 5.68. The van der Waals surface area contributed by atoms with Gasteiger partial charge in [-0.2, -0.15) is 0 Å². The van der Waals surface area contributed by atoms with Crippen molar-refractivity contribution in [2.24, 2.45) is 0 Å². The molecule has 3 nitrogen and oxygen atoms in total. The Bertz CT molecular complexity index is 379. The highest BCUT2D eigenvalue weighted by molar-refractivity contribution is 6.18. The van der Waals surface area contributed by atoms with Crippen molar-refractivity contribution in [3.63, 3.8) is 0 Å². The summed E-state index contributed by atoms with van der Waals surface area (Å²) < 4.78 is 0. The molecule has 1 aromatic carbocycles. The summed E-state index contributed by atoms with van der Waals surface area (Å²) in [5.41, 5.74) is 0.651. The number of nitrogens with zero attached hydrogens (tertiary/aromatic N) is 1. The van der Waals surface area contributed by atoms with Gasteiger partial charge in [-0.3, -0.25) is 4.79 Å². The normalized spacial score (nSPS) is 10.6. The quantitative estimate of drug-likeness (QED) is 0.821. The second-order valence-corrected chi connectivity index (χ2v) is 4.55. The molecule has 0 fully saturated rings. The molecule has 0 atom stereocenters. The van der Waals surface area contributed by atoms with Crippen molar-refractivity contribution in [2.75, 3.05) is 12.4 Å². The number of rotatable bonds is 5. The average Bonchev–Trinajstić information content (AvgIpc) is 2.28. The maximum absolute atomic E-state index is 12.1. The number of hydrogen-bond acceptors (Lipinski definition) is 2. The Kier molecular flexibility index (Phi) is 5.29. The zero-order valence-corrected chi connectivity index (χ0v) is 10.9. The minimum absolute atomic E-state index is 0.0119. The third-order valence-electron chi connectivity index (χ3n) is 2.60. The molecule has 0 aliphatic carbocycles. The Morgan fingerprint density at radius 2 is 2.06 bits per heavy atom. The van der Waals surface area contributed by atoms with Crippen molar-refractivity contribution in [1.29, 1.82) is 0 Å². The maximum Gasteiger partial charge on any atom is 0.227 e. The molecule has 94 valence electrons. The second kappa shape index (κ2) is 6.50. The predicted octanol–water partition coefficient (Wildman–Crippen LogP) is 2.41. The number of carbonyl (C=O) groups excluding carboxylic acids is 1. The van der Waals surface area contributed by atoms with Crippen LogP contribution in [-0.2, 0) is 11.2 Å². The smallest absolute Gasteiger partial charge is 0.227 e. The van der Waals surface area contributed by atoms with Crippen molar-refractivity contribution in [3.8, 4) is 5.75 Å². The first kappa shape index (κ1) is 13.8. The number of amides is 1. The van der Waals surface area contributed by atoms with Crippen LogP contribution in [-0.4, -0.2) is 34.4 Å². The molecule has 4 heteroatoms. The molecule has 0 bridgehead atoms. The van der Waals surface area contributed by atoms with Gasteiger partial charge >= 0.3 is 0 Å². The molecule has 0 aliphatic heterocycles. The van der Waals surface area contributed by atoms with Gasteiger partial charge in [-0.05, 0) is 19.9 Å². The molecule has 0 aliphatic rings. The van der Waals surface area contributed by atoms with Gasteiger partial charge in [-0.1, -0.05) is 18.2 Å². The molecule has 1 rings (SSSR count). The number of hydrogen-bond donors (Lipinski definition) is 1. The molecule has 17 heavy (non-hydrogen) atoms. The van der Waals surface area contributed by atoms with E-state index in [1.165, 1.54) is 0 Å². The summed E-state index contributed by atoms with van der Waals surface area (Å²) in [5.74, 6) is 0.572. The number of aromatic hydroxyl groups is 1. The summed E-state index contributed by atoms with van der Waals surface area (Å²) in [7, 11) is 0. The van der Waals surface area contributed by atoms with Crippen molar-refractivity contribution in [2.45, 2.75) is 26.3 Å². The van der Waals surface area contributed by atoms with E-state index in [4.69, 9.17) is 11.6 Å². The number of halogens is 1. The van der Waals surface area contributed by atoms with Crippen LogP contribution in [0.4, 0.5) is 0 Å². The van der Waals surface area contributed by atoms with Gasteiger partial charge < -0.3 is 10.0 Å². The lowest BCUT2D eigenvalue weighted by Gasteiger charge is -2.26. The number of phenolic OH excluding ortho intramolecular Hbond substituents is 1. The Morgan fingerprint density at radius 1 is 1.41 bits per heavy atom. The lowest BCUT2D eigenvalue weighted by molar-refractivity contribution is -0.131. The van der Waals surface area contributed by atoms with Gasteiger partial charge in [0.1, 0.15) is 5.75 Å². The van der Waals surface area contributed by atoms with Crippen LogP contribution < -0.4 is 0 Å². The standard InChI is InChI=1S/C13H18ClNO2/c1-10(2)15(8-7-14)13(17)9-11-5-3-4-6-12(11)16/h3-6,10,16H,7-9H2,1-2H3. The Morgan fingerprint density at radius 3 is 2.59 bits per heavy atom. The fraction of sp³-hybridized carbons (Fsp3) is 0.462. The molecular formula is C13H18ClNO2. The van der Waals surface area contributed by atoms with E-state index in [-0.39, 0.29) is 24.1 Å². The summed E-state index contributed by atoms with van der Waals surface area (Å²) in [6, 6.07) is 7.01. The fourth-order valence-corrected chi connectivity index (χ4v) is 1.87. The molecule has 0 spiro atoms. The van der Waals surface area contributed by atoms with Crippen molar-refractivity contribution in [3.05, 3.63) is 29.8 Å². The second-order valence-electron chi connectivity index (χ2n) is 4.18. The SMILES string of the molecule is CC(C)N(CCCl)C(=O)Cc1ccccc1O. The van der Waals surface area contributed by atoms with Gasteiger partial charge in [-0.15, -0.1) is 11.6 Å². The lowest BCUT2D eigenvalue weighted by atomic mass is 10.1. The van der Waals surface area contributed by atoms with E-state index in [0.717, 1.165) is 0 Å². The summed E-state index contributed by atoms with van der Waals surface area (Å²) in [4.78, 5) is 13.8. The number of phenols is 1. The Balaban J connectivity index is 2.73. The van der Waals surface area contributed by atoms with Gasteiger partial charge in [0, 0.05) is 24.0 Å². The van der Waals surface area contributed by atoms with Crippen LogP contribution in [0.15, 0.2) is 24.3 Å². The topological polar surface area (TPSA) is 40.5 Å². The fourth-order valence-electron chi connectivity index (χ4n) is 1.69. The highest BCUT2D eigenvalue weighted by Gasteiger charge is 2.17. The lowest BCUT2D eigenvalue weighted by Crippen LogP contribution is -2.39. The van der Waals surface area contributed by atoms with Crippen LogP contribution in [0.2, 0.25) is 0 Å². The molecule has 0 unspecified atom stereocenters. The molecule has 0 heterocycles. The first-order valence-corrected chi connectivity index (χ1v) is 6.22.